The highest BCUT2D eigenvalue weighted by Crippen LogP contribution is 2.42. The van der Waals surface area contributed by atoms with Gasteiger partial charge >= 0.3 is 6.01 Å². The predicted molar refractivity (Wildman–Crippen MR) is 118 cm³/mol. The zero-order valence-electron chi connectivity index (χ0n) is 17.7. The van der Waals surface area contributed by atoms with E-state index in [0.717, 1.165) is 55.9 Å². The van der Waals surface area contributed by atoms with Crippen LogP contribution in [0.2, 0.25) is 0 Å². The van der Waals surface area contributed by atoms with Crippen LogP contribution in [0.3, 0.4) is 0 Å². The first-order chi connectivity index (χ1) is 15.1. The number of aromatic nitrogens is 4. The van der Waals surface area contributed by atoms with Gasteiger partial charge in [-0.15, -0.1) is 0 Å². The van der Waals surface area contributed by atoms with Crippen molar-refractivity contribution in [3.63, 3.8) is 0 Å². The van der Waals surface area contributed by atoms with Crippen molar-refractivity contribution < 1.29 is 9.84 Å². The number of hydrogen-bond acceptors (Lipinski definition) is 6. The third kappa shape index (κ3) is 4.38. The number of fused-ring (bicyclic) bond motifs is 1. The third-order valence-corrected chi connectivity index (χ3v) is 6.28. The number of nitrogens with zero attached hydrogens (tertiary/aromatic N) is 4. The highest BCUT2D eigenvalue weighted by atomic mass is 16.5. The van der Waals surface area contributed by atoms with Gasteiger partial charge in [0.1, 0.15) is 5.76 Å². The average Bonchev–Trinajstić information content (AvgIpc) is 3.31. The second kappa shape index (κ2) is 8.24. The first-order valence-corrected chi connectivity index (χ1v) is 10.8. The fraction of sp³-hybridized carbons (Fsp3) is 0.375. The molecule has 1 atom stereocenters. The van der Waals surface area contributed by atoms with Gasteiger partial charge in [0.2, 0.25) is 0 Å². The smallest absolute Gasteiger partial charge is 0.321 e. The number of aliphatic hydroxyl groups excluding tert-OH is 1. The first kappa shape index (κ1) is 19.9. The topological polar surface area (TPSA) is 87.2 Å². The summed E-state index contributed by atoms with van der Waals surface area (Å²) < 4.78 is 5.93. The van der Waals surface area contributed by atoms with E-state index in [2.05, 4.69) is 62.4 Å². The zero-order chi connectivity index (χ0) is 21.3. The lowest BCUT2D eigenvalue weighted by Gasteiger charge is -2.35. The first-order valence-electron chi connectivity index (χ1n) is 10.8. The van der Waals surface area contributed by atoms with Gasteiger partial charge in [-0.05, 0) is 48.6 Å². The van der Waals surface area contributed by atoms with Crippen LogP contribution in [0.5, 0.6) is 6.01 Å². The van der Waals surface area contributed by atoms with E-state index >= 15 is 0 Å². The summed E-state index contributed by atoms with van der Waals surface area (Å²) in [6, 6.07) is 2.21. The van der Waals surface area contributed by atoms with E-state index < -0.39 is 0 Å². The van der Waals surface area contributed by atoms with Gasteiger partial charge in [-0.2, -0.15) is 5.10 Å². The van der Waals surface area contributed by atoms with Crippen molar-refractivity contribution in [1.82, 2.24) is 25.1 Å². The molecule has 5 rings (SSSR count). The van der Waals surface area contributed by atoms with Crippen molar-refractivity contribution >= 4 is 0 Å². The lowest BCUT2D eigenvalue weighted by molar-refractivity contribution is 0.0871. The molecule has 3 heterocycles. The minimum absolute atomic E-state index is 0.0302. The summed E-state index contributed by atoms with van der Waals surface area (Å²) in [4.78, 5) is 11.1. The molecule has 160 valence electrons. The SMILES string of the molecule is CC12C=C(CN3CCC(O)CC3)C=CC1=CC(Oc1ncc(-c3ccn[nH]3)cn1)=CC2. The molecule has 0 aromatic carbocycles. The quantitative estimate of drug-likeness (QED) is 0.775. The van der Waals surface area contributed by atoms with Gasteiger partial charge in [0.25, 0.3) is 0 Å². The number of H-pyrrole nitrogens is 1. The van der Waals surface area contributed by atoms with Gasteiger partial charge < -0.3 is 9.84 Å². The molecule has 7 heteroatoms. The van der Waals surface area contributed by atoms with Crippen molar-refractivity contribution in [3.05, 3.63) is 71.9 Å². The lowest BCUT2D eigenvalue weighted by atomic mass is 9.72. The molecule has 7 nitrogen and oxygen atoms in total. The molecule has 0 amide bonds. The zero-order valence-corrected chi connectivity index (χ0v) is 17.7. The molecule has 0 spiro atoms. The molecule has 0 saturated carbocycles. The molecule has 2 aromatic heterocycles. The van der Waals surface area contributed by atoms with Crippen molar-refractivity contribution in [2.75, 3.05) is 19.6 Å². The van der Waals surface area contributed by atoms with Crippen LogP contribution in [-0.2, 0) is 0 Å². The van der Waals surface area contributed by atoms with Gasteiger partial charge in [0.05, 0.1) is 11.8 Å². The summed E-state index contributed by atoms with van der Waals surface area (Å²) in [7, 11) is 0. The fourth-order valence-electron chi connectivity index (χ4n) is 4.38. The van der Waals surface area contributed by atoms with Gasteiger partial charge in [-0.1, -0.05) is 25.2 Å². The molecule has 2 aromatic rings. The van der Waals surface area contributed by atoms with Crippen LogP contribution in [0, 0.1) is 5.41 Å². The minimum Gasteiger partial charge on any atom is -0.425 e. The lowest BCUT2D eigenvalue weighted by Crippen LogP contribution is -2.37. The van der Waals surface area contributed by atoms with E-state index in [-0.39, 0.29) is 11.5 Å². The largest absolute Gasteiger partial charge is 0.425 e. The molecule has 1 unspecified atom stereocenters. The highest BCUT2D eigenvalue weighted by Gasteiger charge is 2.31. The molecule has 2 N–H and O–H groups in total. The highest BCUT2D eigenvalue weighted by molar-refractivity contribution is 5.55. The Morgan fingerprint density at radius 1 is 1.23 bits per heavy atom. The van der Waals surface area contributed by atoms with Crippen molar-refractivity contribution in [1.29, 1.82) is 0 Å². The maximum atomic E-state index is 9.72. The van der Waals surface area contributed by atoms with E-state index in [1.54, 1.807) is 18.6 Å². The van der Waals surface area contributed by atoms with E-state index in [1.807, 2.05) is 6.07 Å². The standard InChI is InChI=1S/C24H27N5O2/c1-24-8-4-21(31-23-25-14-18(15-26-23)22-5-9-27-28-22)12-19(24)3-2-17(13-24)16-29-10-6-20(30)7-11-29/h2-5,9,12-15,20,30H,6-8,10-11,16H2,1H3,(H,27,28). The van der Waals surface area contributed by atoms with E-state index in [1.165, 1.54) is 11.1 Å². The predicted octanol–water partition coefficient (Wildman–Crippen LogP) is 3.42. The average molecular weight is 418 g/mol. The molecule has 31 heavy (non-hydrogen) atoms. The van der Waals surface area contributed by atoms with E-state index in [9.17, 15) is 5.11 Å². The number of aromatic amines is 1. The normalized spacial score (nSPS) is 24.3. The second-order valence-electron chi connectivity index (χ2n) is 8.71. The van der Waals surface area contributed by atoms with Crippen molar-refractivity contribution in [2.24, 2.45) is 5.41 Å². The fourth-order valence-corrected chi connectivity index (χ4v) is 4.38. The molecule has 0 bridgehead atoms. The number of hydrogen-bond donors (Lipinski definition) is 2. The van der Waals surface area contributed by atoms with Gasteiger partial charge in [0, 0.05) is 49.2 Å². The van der Waals surface area contributed by atoms with Gasteiger partial charge in [-0.25, -0.2) is 9.97 Å². The molecular formula is C24H27N5O2. The van der Waals surface area contributed by atoms with Crippen molar-refractivity contribution in [2.45, 2.75) is 32.3 Å². The molecular weight excluding hydrogens is 390 g/mol. The Labute approximate surface area is 181 Å². The Morgan fingerprint density at radius 2 is 2.03 bits per heavy atom. The monoisotopic (exact) mass is 417 g/mol. The summed E-state index contributed by atoms with van der Waals surface area (Å²) in [5.74, 6) is 0.772. The van der Waals surface area contributed by atoms with E-state index in [0.29, 0.717) is 6.01 Å². The minimum atomic E-state index is -0.133. The number of rotatable bonds is 5. The Kier molecular flexibility index (Phi) is 5.29. The number of likely N-dealkylation sites (tertiary alicyclic amines) is 1. The molecule has 1 aliphatic heterocycles. The van der Waals surface area contributed by atoms with Crippen LogP contribution < -0.4 is 4.74 Å². The Morgan fingerprint density at radius 3 is 2.77 bits per heavy atom. The molecule has 1 fully saturated rings. The van der Waals surface area contributed by atoms with Crippen LogP contribution in [-0.4, -0.2) is 55.9 Å². The maximum absolute atomic E-state index is 9.72. The number of aliphatic hydroxyl groups is 1. The summed E-state index contributed by atoms with van der Waals surface area (Å²) in [5.41, 5.74) is 4.28. The molecule has 3 aliphatic rings. The Hall–Kier alpha value is -3.03. The van der Waals surface area contributed by atoms with Crippen LogP contribution in [0.1, 0.15) is 26.2 Å². The summed E-state index contributed by atoms with van der Waals surface area (Å²) in [6.45, 7) is 5.13. The number of ether oxygens (including phenoxy) is 1. The molecule has 1 saturated heterocycles. The third-order valence-electron chi connectivity index (χ3n) is 6.28. The summed E-state index contributed by atoms with van der Waals surface area (Å²) >= 11 is 0. The van der Waals surface area contributed by atoms with Crippen LogP contribution in [0.4, 0.5) is 0 Å². The number of allylic oxidation sites excluding steroid dienone is 5. The number of piperidine rings is 1. The summed E-state index contributed by atoms with van der Waals surface area (Å²) in [5, 5.41) is 16.6. The maximum Gasteiger partial charge on any atom is 0.321 e. The molecule has 0 radical (unpaired) electrons. The summed E-state index contributed by atoms with van der Waals surface area (Å²) in [6.07, 6.45) is 18.6. The van der Waals surface area contributed by atoms with Gasteiger partial charge in [-0.3, -0.25) is 10.00 Å². The van der Waals surface area contributed by atoms with Crippen molar-refractivity contribution in [3.8, 4) is 17.3 Å². The van der Waals surface area contributed by atoms with Gasteiger partial charge in [0.15, 0.2) is 0 Å². The van der Waals surface area contributed by atoms with Crippen LogP contribution in [0.25, 0.3) is 11.3 Å². The van der Waals surface area contributed by atoms with Crippen LogP contribution in [0.15, 0.2) is 71.9 Å². The number of nitrogens with one attached hydrogen (secondary N) is 1. The Balaban J connectivity index is 1.24. The van der Waals surface area contributed by atoms with E-state index in [4.69, 9.17) is 4.74 Å². The molecule has 2 aliphatic carbocycles. The Bertz CT molecular complexity index is 1040. The second-order valence-corrected chi connectivity index (χ2v) is 8.71. The van der Waals surface area contributed by atoms with Crippen LogP contribution >= 0.6 is 0 Å².